The standard InChI is InChI=1S/C17H28N2O/c1-13-9-16(10-14(2)17(13)20-4)12-19(3)11-15-5-7-18-8-6-15/h9-10,15,18H,5-8,11-12H2,1-4H3. The number of nitrogens with zero attached hydrogens (tertiary/aromatic N) is 1. The molecule has 1 aliphatic heterocycles. The second-order valence-corrected chi connectivity index (χ2v) is 6.15. The Morgan fingerprint density at radius 2 is 1.80 bits per heavy atom. The Morgan fingerprint density at radius 1 is 1.20 bits per heavy atom. The Morgan fingerprint density at radius 3 is 2.35 bits per heavy atom. The number of nitrogens with one attached hydrogen (secondary N) is 1. The molecule has 112 valence electrons. The fourth-order valence-corrected chi connectivity index (χ4v) is 3.33. The maximum absolute atomic E-state index is 5.44. The predicted octanol–water partition coefficient (Wildman–Crippen LogP) is 2.74. The first-order valence-electron chi connectivity index (χ1n) is 7.63. The lowest BCUT2D eigenvalue weighted by molar-refractivity contribution is 0.234. The van der Waals surface area contributed by atoms with Crippen LogP contribution in [0.2, 0.25) is 0 Å². The molecule has 3 heteroatoms. The molecule has 0 aliphatic carbocycles. The number of rotatable bonds is 5. The van der Waals surface area contributed by atoms with E-state index in [1.165, 1.54) is 49.2 Å². The van der Waals surface area contributed by atoms with Gasteiger partial charge >= 0.3 is 0 Å². The van der Waals surface area contributed by atoms with Gasteiger partial charge in [-0.3, -0.25) is 0 Å². The molecule has 1 aromatic carbocycles. The molecule has 0 bridgehead atoms. The monoisotopic (exact) mass is 276 g/mol. The van der Waals surface area contributed by atoms with Gasteiger partial charge in [0, 0.05) is 13.1 Å². The molecular weight excluding hydrogens is 248 g/mol. The minimum atomic E-state index is 0.849. The van der Waals surface area contributed by atoms with E-state index in [9.17, 15) is 0 Å². The van der Waals surface area contributed by atoms with E-state index in [1.807, 2.05) is 0 Å². The Kier molecular flexibility index (Phi) is 5.44. The van der Waals surface area contributed by atoms with Gasteiger partial charge in [-0.2, -0.15) is 0 Å². The zero-order valence-corrected chi connectivity index (χ0v) is 13.3. The van der Waals surface area contributed by atoms with Gasteiger partial charge in [-0.25, -0.2) is 0 Å². The highest BCUT2D eigenvalue weighted by molar-refractivity contribution is 5.43. The Bertz CT molecular complexity index is 416. The predicted molar refractivity (Wildman–Crippen MR) is 84.4 cm³/mol. The van der Waals surface area contributed by atoms with Crippen LogP contribution in [0.1, 0.15) is 29.5 Å². The van der Waals surface area contributed by atoms with Crippen LogP contribution in [0.25, 0.3) is 0 Å². The molecule has 0 unspecified atom stereocenters. The maximum Gasteiger partial charge on any atom is 0.124 e. The number of aryl methyl sites for hydroxylation is 2. The zero-order valence-electron chi connectivity index (χ0n) is 13.3. The minimum absolute atomic E-state index is 0.849. The van der Waals surface area contributed by atoms with Crippen molar-refractivity contribution in [2.45, 2.75) is 33.2 Å². The van der Waals surface area contributed by atoms with E-state index in [1.54, 1.807) is 7.11 Å². The van der Waals surface area contributed by atoms with Crippen LogP contribution in [-0.4, -0.2) is 38.7 Å². The number of ether oxygens (including phenoxy) is 1. The largest absolute Gasteiger partial charge is 0.496 e. The first-order valence-corrected chi connectivity index (χ1v) is 7.63. The molecule has 0 radical (unpaired) electrons. The smallest absolute Gasteiger partial charge is 0.124 e. The molecule has 3 nitrogen and oxygen atoms in total. The third kappa shape index (κ3) is 3.97. The summed E-state index contributed by atoms with van der Waals surface area (Å²) in [6, 6.07) is 4.51. The first-order chi connectivity index (χ1) is 9.60. The summed E-state index contributed by atoms with van der Waals surface area (Å²) >= 11 is 0. The van der Waals surface area contributed by atoms with Crippen LogP contribution in [0.3, 0.4) is 0 Å². The average Bonchev–Trinajstić information content (AvgIpc) is 2.39. The number of hydrogen-bond donors (Lipinski definition) is 1. The van der Waals surface area contributed by atoms with Crippen LogP contribution < -0.4 is 10.1 Å². The SMILES string of the molecule is COc1c(C)cc(CN(C)CC2CCNCC2)cc1C. The second-order valence-electron chi connectivity index (χ2n) is 6.15. The lowest BCUT2D eigenvalue weighted by atomic mass is 9.97. The topological polar surface area (TPSA) is 24.5 Å². The van der Waals surface area contributed by atoms with Gasteiger partial charge in [-0.15, -0.1) is 0 Å². The molecule has 1 aromatic rings. The molecule has 0 amide bonds. The van der Waals surface area contributed by atoms with Crippen LogP contribution in [0.4, 0.5) is 0 Å². The van der Waals surface area contributed by atoms with Gasteiger partial charge in [0.15, 0.2) is 0 Å². The summed E-state index contributed by atoms with van der Waals surface area (Å²) in [4.78, 5) is 2.46. The Hall–Kier alpha value is -1.06. The van der Waals surface area contributed by atoms with Crippen LogP contribution in [0.15, 0.2) is 12.1 Å². The lowest BCUT2D eigenvalue weighted by Gasteiger charge is -2.27. The van der Waals surface area contributed by atoms with Gasteiger partial charge in [-0.05, 0) is 69.4 Å². The number of methoxy groups -OCH3 is 1. The van der Waals surface area contributed by atoms with E-state index in [-0.39, 0.29) is 0 Å². The molecular formula is C17H28N2O. The van der Waals surface area contributed by atoms with E-state index < -0.39 is 0 Å². The van der Waals surface area contributed by atoms with Gasteiger partial charge in [0.05, 0.1) is 7.11 Å². The van der Waals surface area contributed by atoms with Crippen molar-refractivity contribution in [2.24, 2.45) is 5.92 Å². The molecule has 1 fully saturated rings. The average molecular weight is 276 g/mol. The molecule has 0 aromatic heterocycles. The van der Waals surface area contributed by atoms with Crippen LogP contribution in [0.5, 0.6) is 5.75 Å². The number of hydrogen-bond acceptors (Lipinski definition) is 3. The molecule has 20 heavy (non-hydrogen) atoms. The highest BCUT2D eigenvalue weighted by Crippen LogP contribution is 2.25. The maximum atomic E-state index is 5.44. The zero-order chi connectivity index (χ0) is 14.5. The summed E-state index contributed by atoms with van der Waals surface area (Å²) in [5.41, 5.74) is 3.85. The van der Waals surface area contributed by atoms with Crippen molar-refractivity contribution in [2.75, 3.05) is 33.8 Å². The highest BCUT2D eigenvalue weighted by atomic mass is 16.5. The molecule has 0 spiro atoms. The van der Waals surface area contributed by atoms with Gasteiger partial charge in [0.25, 0.3) is 0 Å². The first kappa shape index (κ1) is 15.3. The molecule has 1 aliphatic rings. The normalized spacial score (nSPS) is 16.6. The van der Waals surface area contributed by atoms with Crippen LogP contribution >= 0.6 is 0 Å². The van der Waals surface area contributed by atoms with E-state index in [0.29, 0.717) is 0 Å². The third-order valence-electron chi connectivity index (χ3n) is 4.21. The fourth-order valence-electron chi connectivity index (χ4n) is 3.33. The van der Waals surface area contributed by atoms with Gasteiger partial charge in [0.2, 0.25) is 0 Å². The molecule has 0 saturated carbocycles. The van der Waals surface area contributed by atoms with Crippen molar-refractivity contribution in [1.82, 2.24) is 10.2 Å². The van der Waals surface area contributed by atoms with Crippen molar-refractivity contribution in [3.05, 3.63) is 28.8 Å². The van der Waals surface area contributed by atoms with Crippen molar-refractivity contribution in [3.63, 3.8) is 0 Å². The van der Waals surface area contributed by atoms with Crippen molar-refractivity contribution in [3.8, 4) is 5.75 Å². The summed E-state index contributed by atoms with van der Waals surface area (Å²) in [7, 11) is 3.98. The van der Waals surface area contributed by atoms with E-state index in [4.69, 9.17) is 4.74 Å². The van der Waals surface area contributed by atoms with Gasteiger partial charge < -0.3 is 15.0 Å². The van der Waals surface area contributed by atoms with Crippen molar-refractivity contribution >= 4 is 0 Å². The molecule has 1 N–H and O–H groups in total. The minimum Gasteiger partial charge on any atom is -0.496 e. The Labute approximate surface area is 123 Å². The summed E-state index contributed by atoms with van der Waals surface area (Å²) in [6.07, 6.45) is 2.62. The Balaban J connectivity index is 1.95. The quantitative estimate of drug-likeness (QED) is 0.895. The second kappa shape index (κ2) is 7.09. The van der Waals surface area contributed by atoms with Gasteiger partial charge in [-0.1, -0.05) is 12.1 Å². The van der Waals surface area contributed by atoms with E-state index >= 15 is 0 Å². The molecule has 2 rings (SSSR count). The molecule has 0 atom stereocenters. The molecule has 1 heterocycles. The molecule has 1 saturated heterocycles. The van der Waals surface area contributed by atoms with Gasteiger partial charge in [0.1, 0.15) is 5.75 Å². The van der Waals surface area contributed by atoms with E-state index in [0.717, 1.165) is 18.2 Å². The summed E-state index contributed by atoms with van der Waals surface area (Å²) in [5, 5.41) is 3.43. The third-order valence-corrected chi connectivity index (χ3v) is 4.21. The van der Waals surface area contributed by atoms with Crippen LogP contribution in [0, 0.1) is 19.8 Å². The number of benzene rings is 1. The lowest BCUT2D eigenvalue weighted by Crippen LogP contribution is -2.34. The summed E-state index contributed by atoms with van der Waals surface area (Å²) < 4.78 is 5.44. The van der Waals surface area contributed by atoms with Crippen LogP contribution in [-0.2, 0) is 6.54 Å². The van der Waals surface area contributed by atoms with E-state index in [2.05, 4.69) is 43.2 Å². The highest BCUT2D eigenvalue weighted by Gasteiger charge is 2.15. The fraction of sp³-hybridized carbons (Fsp3) is 0.647. The van der Waals surface area contributed by atoms with Crippen molar-refractivity contribution < 1.29 is 4.74 Å². The summed E-state index contributed by atoms with van der Waals surface area (Å²) in [5.74, 6) is 1.87. The summed E-state index contributed by atoms with van der Waals surface area (Å²) in [6.45, 7) is 8.84. The number of piperidine rings is 1. The van der Waals surface area contributed by atoms with Crippen molar-refractivity contribution in [1.29, 1.82) is 0 Å².